The Labute approximate surface area is 122 Å². The van der Waals surface area contributed by atoms with Crippen LogP contribution >= 0.6 is 0 Å². The van der Waals surface area contributed by atoms with Gasteiger partial charge >= 0.3 is 0 Å². The van der Waals surface area contributed by atoms with E-state index >= 15 is 0 Å². The lowest BCUT2D eigenvalue weighted by molar-refractivity contribution is -0.121. The zero-order valence-electron chi connectivity index (χ0n) is 14.7. The van der Waals surface area contributed by atoms with Gasteiger partial charge in [0, 0.05) is 26.1 Å². The minimum Gasteiger partial charge on any atom is -0.355 e. The summed E-state index contributed by atoms with van der Waals surface area (Å²) in [5.74, 6) is 0.844. The molecule has 3 heteroatoms. The normalized spacial score (nSPS) is 19.6. The quantitative estimate of drug-likeness (QED) is 0.726. The van der Waals surface area contributed by atoms with Crippen molar-refractivity contribution in [2.75, 3.05) is 26.7 Å². The first-order chi connectivity index (χ1) is 9.10. The molecule has 0 aromatic carbocycles. The molecule has 1 aliphatic rings. The van der Waals surface area contributed by atoms with E-state index in [1.54, 1.807) is 0 Å². The van der Waals surface area contributed by atoms with E-state index in [9.17, 15) is 4.79 Å². The van der Waals surface area contributed by atoms with Crippen molar-refractivity contribution in [1.29, 1.82) is 0 Å². The van der Waals surface area contributed by atoms with E-state index in [1.165, 1.54) is 6.42 Å². The predicted molar refractivity (Wildman–Crippen MR) is 87.6 cm³/mol. The van der Waals surface area contributed by atoms with Crippen LogP contribution in [0.15, 0.2) is 0 Å². The van der Waals surface area contributed by atoms with Crippen LogP contribution in [0.3, 0.4) is 0 Å². The van der Waals surface area contributed by atoms with Crippen LogP contribution in [0.4, 0.5) is 0 Å². The molecule has 0 bridgehead atoms. The van der Waals surface area contributed by atoms with Gasteiger partial charge in [-0.3, -0.25) is 4.79 Å². The van der Waals surface area contributed by atoms with Crippen molar-refractivity contribution in [1.82, 2.24) is 10.2 Å². The summed E-state index contributed by atoms with van der Waals surface area (Å²) in [5.41, 5.74) is 0. The summed E-state index contributed by atoms with van der Waals surface area (Å²) in [7, 11) is 2.11. The van der Waals surface area contributed by atoms with Gasteiger partial charge < -0.3 is 10.2 Å². The molecule has 1 amide bonds. The molecule has 0 aromatic rings. The van der Waals surface area contributed by atoms with Crippen molar-refractivity contribution >= 4 is 5.91 Å². The van der Waals surface area contributed by atoms with Crippen molar-refractivity contribution in [3.05, 3.63) is 0 Å². The highest BCUT2D eigenvalue weighted by Crippen LogP contribution is 2.07. The molecule has 0 saturated carbocycles. The molecule has 118 valence electrons. The molecule has 1 saturated heterocycles. The number of carbonyl (C=O) groups excluding carboxylic acids is 1. The summed E-state index contributed by atoms with van der Waals surface area (Å²) in [5, 5.41) is 2.89. The van der Waals surface area contributed by atoms with Crippen molar-refractivity contribution in [3.8, 4) is 0 Å². The van der Waals surface area contributed by atoms with Gasteiger partial charge in [-0.25, -0.2) is 0 Å². The smallest absolute Gasteiger partial charge is 0.220 e. The standard InChI is InChI=1S/C9H18N2O.C3H8.2C2H6/c1-8-3-4-9(12)10-5-6-11(2)7-8;1-3-2;2*1-2/h8H,3-7H2,1-2H3,(H,10,12);3H2,1-2H3;2*1-2H3. The predicted octanol–water partition coefficient (Wildman–Crippen LogP) is 3.93. The molecule has 1 fully saturated rings. The average molecular weight is 274 g/mol. The van der Waals surface area contributed by atoms with Crippen LogP contribution in [-0.4, -0.2) is 37.5 Å². The van der Waals surface area contributed by atoms with E-state index in [-0.39, 0.29) is 5.91 Å². The molecule has 1 rings (SSSR count). The average Bonchev–Trinajstić information content (AvgIpc) is 2.48. The molecular formula is C16H38N2O. The number of likely N-dealkylation sites (N-methyl/N-ethyl adjacent to an activating group) is 1. The van der Waals surface area contributed by atoms with Crippen molar-refractivity contribution in [2.45, 2.75) is 67.7 Å². The zero-order chi connectivity index (χ0) is 15.7. The molecule has 1 heterocycles. The van der Waals surface area contributed by atoms with E-state index in [2.05, 4.69) is 38.0 Å². The highest BCUT2D eigenvalue weighted by molar-refractivity contribution is 5.75. The second-order valence-electron chi connectivity index (χ2n) is 4.46. The number of carbonyl (C=O) groups is 1. The molecule has 0 radical (unpaired) electrons. The lowest BCUT2D eigenvalue weighted by Crippen LogP contribution is -2.32. The third kappa shape index (κ3) is 19.9. The van der Waals surface area contributed by atoms with Crippen LogP contribution in [0.25, 0.3) is 0 Å². The number of nitrogens with one attached hydrogen (secondary N) is 1. The maximum Gasteiger partial charge on any atom is 0.220 e. The highest BCUT2D eigenvalue weighted by atomic mass is 16.1. The lowest BCUT2D eigenvalue weighted by Gasteiger charge is -2.18. The topological polar surface area (TPSA) is 32.3 Å². The monoisotopic (exact) mass is 274 g/mol. The second-order valence-corrected chi connectivity index (χ2v) is 4.46. The zero-order valence-corrected chi connectivity index (χ0v) is 14.7. The summed E-state index contributed by atoms with van der Waals surface area (Å²) >= 11 is 0. The SMILES string of the molecule is CC.CC.CC1CCC(=O)NCCN(C)C1.CCC. The summed E-state index contributed by atoms with van der Waals surface area (Å²) < 4.78 is 0. The Hall–Kier alpha value is -0.570. The van der Waals surface area contributed by atoms with Gasteiger partial charge in [0.05, 0.1) is 0 Å². The minimum absolute atomic E-state index is 0.206. The van der Waals surface area contributed by atoms with Crippen LogP contribution < -0.4 is 5.32 Å². The molecule has 1 aliphatic heterocycles. The maximum absolute atomic E-state index is 11.1. The van der Waals surface area contributed by atoms with E-state index < -0.39 is 0 Å². The summed E-state index contributed by atoms with van der Waals surface area (Å²) in [6.07, 6.45) is 2.95. The van der Waals surface area contributed by atoms with Gasteiger partial charge in [-0.15, -0.1) is 0 Å². The van der Waals surface area contributed by atoms with Crippen molar-refractivity contribution in [2.24, 2.45) is 5.92 Å². The number of nitrogens with zero attached hydrogens (tertiary/aromatic N) is 1. The Morgan fingerprint density at radius 2 is 1.68 bits per heavy atom. The molecule has 19 heavy (non-hydrogen) atoms. The Morgan fingerprint density at radius 3 is 2.16 bits per heavy atom. The van der Waals surface area contributed by atoms with E-state index in [4.69, 9.17) is 0 Å². The molecule has 1 atom stereocenters. The van der Waals surface area contributed by atoms with Gasteiger partial charge in [-0.05, 0) is 19.4 Å². The fourth-order valence-electron chi connectivity index (χ4n) is 1.57. The maximum atomic E-state index is 11.1. The van der Waals surface area contributed by atoms with E-state index in [0.29, 0.717) is 12.3 Å². The Morgan fingerprint density at radius 1 is 1.21 bits per heavy atom. The van der Waals surface area contributed by atoms with Crippen LogP contribution in [0.5, 0.6) is 0 Å². The van der Waals surface area contributed by atoms with Gasteiger partial charge in [-0.1, -0.05) is 54.9 Å². The summed E-state index contributed by atoms with van der Waals surface area (Å²) in [6.45, 7) is 17.3. The van der Waals surface area contributed by atoms with Crippen LogP contribution in [0.1, 0.15) is 67.7 Å². The molecule has 0 spiro atoms. The number of rotatable bonds is 0. The Kier molecular flexibility index (Phi) is 24.5. The highest BCUT2D eigenvalue weighted by Gasteiger charge is 2.11. The van der Waals surface area contributed by atoms with Crippen molar-refractivity contribution in [3.63, 3.8) is 0 Å². The van der Waals surface area contributed by atoms with Gasteiger partial charge in [0.15, 0.2) is 0 Å². The first-order valence-corrected chi connectivity index (χ1v) is 8.05. The summed E-state index contributed by atoms with van der Waals surface area (Å²) in [6, 6.07) is 0. The number of amides is 1. The molecule has 3 nitrogen and oxygen atoms in total. The Bertz CT molecular complexity index is 172. The fraction of sp³-hybridized carbons (Fsp3) is 0.938. The first kappa shape index (κ1) is 23.5. The Balaban J connectivity index is -0.000000313. The van der Waals surface area contributed by atoms with Gasteiger partial charge in [0.2, 0.25) is 5.91 Å². The first-order valence-electron chi connectivity index (χ1n) is 8.05. The van der Waals surface area contributed by atoms with E-state index in [1.807, 2.05) is 27.7 Å². The number of hydrogen-bond acceptors (Lipinski definition) is 2. The van der Waals surface area contributed by atoms with Crippen LogP contribution in [0, 0.1) is 5.92 Å². The van der Waals surface area contributed by atoms with E-state index in [0.717, 1.165) is 26.1 Å². The van der Waals surface area contributed by atoms with Gasteiger partial charge in [0.25, 0.3) is 0 Å². The molecular weight excluding hydrogens is 236 g/mol. The van der Waals surface area contributed by atoms with Gasteiger partial charge in [-0.2, -0.15) is 0 Å². The molecule has 0 aliphatic carbocycles. The third-order valence-electron chi connectivity index (χ3n) is 2.30. The second kappa shape index (κ2) is 19.8. The minimum atomic E-state index is 0.206. The van der Waals surface area contributed by atoms with Crippen molar-refractivity contribution < 1.29 is 4.79 Å². The fourth-order valence-corrected chi connectivity index (χ4v) is 1.57. The van der Waals surface area contributed by atoms with Crippen LogP contribution in [0.2, 0.25) is 0 Å². The van der Waals surface area contributed by atoms with Crippen LogP contribution in [-0.2, 0) is 4.79 Å². The molecule has 0 aromatic heterocycles. The van der Waals surface area contributed by atoms with Gasteiger partial charge in [0.1, 0.15) is 0 Å². The summed E-state index contributed by atoms with van der Waals surface area (Å²) in [4.78, 5) is 13.4. The lowest BCUT2D eigenvalue weighted by atomic mass is 10.1. The molecule has 1 N–H and O–H groups in total. The molecule has 1 unspecified atom stereocenters. The largest absolute Gasteiger partial charge is 0.355 e. The number of hydrogen-bond donors (Lipinski definition) is 1. The third-order valence-corrected chi connectivity index (χ3v) is 2.30.